The number of rotatable bonds is 0. The number of aromatic hydroxyl groups is 1. The highest BCUT2D eigenvalue weighted by Crippen LogP contribution is 2.25. The summed E-state index contributed by atoms with van der Waals surface area (Å²) in [6, 6.07) is 3.00. The van der Waals surface area contributed by atoms with Crippen LogP contribution in [0.2, 0.25) is 5.02 Å². The molecule has 0 aliphatic heterocycles. The molecule has 0 bridgehead atoms. The third-order valence-corrected chi connectivity index (χ3v) is 3.36. The molecule has 0 spiro atoms. The molecule has 0 aliphatic carbocycles. The molecule has 15 heavy (non-hydrogen) atoms. The first-order valence-electron chi connectivity index (χ1n) is 4.10. The van der Waals surface area contributed by atoms with E-state index in [-0.39, 0.29) is 11.6 Å². The molecule has 0 saturated heterocycles. The lowest BCUT2D eigenvalue weighted by atomic mass is 10.2. The highest BCUT2D eigenvalue weighted by Gasteiger charge is 2.15. The third-order valence-electron chi connectivity index (χ3n) is 2.16. The zero-order chi connectivity index (χ0) is 11.2. The van der Waals surface area contributed by atoms with Gasteiger partial charge in [0.15, 0.2) is 0 Å². The summed E-state index contributed by atoms with van der Waals surface area (Å²) >= 11 is 9.11. The molecule has 4 nitrogen and oxygen atoms in total. The van der Waals surface area contributed by atoms with E-state index in [0.717, 1.165) is 4.57 Å². The Hall–Kier alpha value is -1.07. The number of aromatic nitrogens is 2. The molecular weight excluding hydrogens is 283 g/mol. The van der Waals surface area contributed by atoms with Crippen molar-refractivity contribution in [3.05, 3.63) is 32.0 Å². The van der Waals surface area contributed by atoms with Crippen molar-refractivity contribution in [1.29, 1.82) is 0 Å². The van der Waals surface area contributed by atoms with Gasteiger partial charge in [-0.3, -0.25) is 0 Å². The molecule has 2 N–H and O–H groups in total. The van der Waals surface area contributed by atoms with Crippen molar-refractivity contribution in [2.24, 2.45) is 7.05 Å². The first kappa shape index (κ1) is 10.4. The predicted molar refractivity (Wildman–Crippen MR) is 60.1 cm³/mol. The maximum atomic E-state index is 11.7. The van der Waals surface area contributed by atoms with Crippen LogP contribution in [0.15, 0.2) is 21.4 Å². The highest BCUT2D eigenvalue weighted by atomic mass is 79.9. The molecule has 0 atom stereocenters. The average molecular weight is 291 g/mol. The van der Waals surface area contributed by atoms with Crippen LogP contribution in [0.1, 0.15) is 0 Å². The fraction of sp³-hybridized carbons (Fsp3) is 0.111. The molecule has 78 valence electrons. The second-order valence-electron chi connectivity index (χ2n) is 3.12. The molecule has 0 radical (unpaired) electrons. The Balaban J connectivity index is 3.00. The Morgan fingerprint density at radius 1 is 1.53 bits per heavy atom. The van der Waals surface area contributed by atoms with Crippen molar-refractivity contribution in [1.82, 2.24) is 4.57 Å². The number of hydrogen-bond acceptors (Lipinski definition) is 2. The van der Waals surface area contributed by atoms with Gasteiger partial charge < -0.3 is 5.11 Å². The molecular formula is C9H7BrClN2O2+. The predicted octanol–water partition coefficient (Wildman–Crippen LogP) is 1.47. The number of fused-ring (bicyclic) bond motifs is 1. The molecule has 0 unspecified atom stereocenters. The fourth-order valence-electron chi connectivity index (χ4n) is 1.31. The summed E-state index contributed by atoms with van der Waals surface area (Å²) in [5.74, 6) is 0. The smallest absolute Gasteiger partial charge is 0.446 e. The summed E-state index contributed by atoms with van der Waals surface area (Å²) in [4.78, 5) is 14.4. The molecule has 1 aromatic heterocycles. The lowest BCUT2D eigenvalue weighted by Crippen LogP contribution is -2.24. The van der Waals surface area contributed by atoms with E-state index in [1.54, 1.807) is 12.1 Å². The van der Waals surface area contributed by atoms with Gasteiger partial charge in [-0.15, -0.1) is 0 Å². The van der Waals surface area contributed by atoms with Crippen LogP contribution in [0.3, 0.4) is 0 Å². The van der Waals surface area contributed by atoms with Crippen molar-refractivity contribution in [3.63, 3.8) is 0 Å². The van der Waals surface area contributed by atoms with Gasteiger partial charge in [0.05, 0.1) is 12.1 Å². The normalized spacial score (nSPS) is 10.9. The van der Waals surface area contributed by atoms with Crippen LogP contribution in [0.25, 0.3) is 10.9 Å². The van der Waals surface area contributed by atoms with Crippen LogP contribution in [0.4, 0.5) is 0 Å². The van der Waals surface area contributed by atoms with E-state index in [4.69, 9.17) is 11.6 Å². The van der Waals surface area contributed by atoms with E-state index >= 15 is 0 Å². The van der Waals surface area contributed by atoms with Crippen molar-refractivity contribution >= 4 is 38.4 Å². The van der Waals surface area contributed by atoms with Crippen molar-refractivity contribution in [2.45, 2.75) is 0 Å². The maximum Gasteiger partial charge on any atom is 0.454 e. The Bertz CT molecular complexity index is 604. The molecule has 6 heteroatoms. The lowest BCUT2D eigenvalue weighted by Gasteiger charge is -1.99. The Morgan fingerprint density at radius 3 is 2.87 bits per heavy atom. The summed E-state index contributed by atoms with van der Waals surface area (Å²) in [5, 5.41) is 10.4. The Labute approximate surface area is 98.3 Å². The third kappa shape index (κ3) is 1.61. The number of benzene rings is 1. The van der Waals surface area contributed by atoms with E-state index < -0.39 is 0 Å². The van der Waals surface area contributed by atoms with Crippen LogP contribution in [0, 0.1) is 0 Å². The summed E-state index contributed by atoms with van der Waals surface area (Å²) in [5.41, 5.74) is 0.224. The van der Waals surface area contributed by atoms with Crippen LogP contribution in [0.5, 0.6) is 6.01 Å². The van der Waals surface area contributed by atoms with Gasteiger partial charge in [-0.2, -0.15) is 4.57 Å². The monoisotopic (exact) mass is 289 g/mol. The van der Waals surface area contributed by atoms with Gasteiger partial charge in [0.2, 0.25) is 0 Å². The van der Waals surface area contributed by atoms with Gasteiger partial charge in [-0.1, -0.05) is 11.6 Å². The van der Waals surface area contributed by atoms with Crippen LogP contribution >= 0.6 is 27.5 Å². The fourth-order valence-corrected chi connectivity index (χ4v) is 1.82. The second kappa shape index (κ2) is 3.50. The Kier molecular flexibility index (Phi) is 2.44. The van der Waals surface area contributed by atoms with E-state index in [0.29, 0.717) is 20.4 Å². The topological polar surface area (TPSA) is 56.4 Å². The number of aromatic amines is 1. The summed E-state index contributed by atoms with van der Waals surface area (Å²) in [6.45, 7) is 0. The number of halogens is 2. The minimum absolute atomic E-state index is 0.203. The van der Waals surface area contributed by atoms with Crippen LogP contribution in [-0.4, -0.2) is 9.67 Å². The number of hydrogen-bond donors (Lipinski definition) is 1. The van der Waals surface area contributed by atoms with Crippen LogP contribution < -0.4 is 10.5 Å². The molecule has 2 aromatic rings. The van der Waals surface area contributed by atoms with E-state index in [2.05, 4.69) is 20.9 Å². The molecule has 0 saturated carbocycles. The molecule has 1 heterocycles. The molecule has 0 fully saturated rings. The van der Waals surface area contributed by atoms with E-state index in [1.807, 2.05) is 0 Å². The standard InChI is InChI=1S/C9H6BrClN2O2/c1-13-8(14)4-2-5(10)6(11)3-7(4)12-9(13)15/h2-3H,1H3,(H,12,15)/p+1. The summed E-state index contributed by atoms with van der Waals surface area (Å²) in [7, 11) is 1.48. The molecule has 2 rings (SSSR count). The van der Waals surface area contributed by atoms with Gasteiger partial charge in [-0.25, -0.2) is 9.78 Å². The van der Waals surface area contributed by atoms with Crippen molar-refractivity contribution in [3.8, 4) is 6.01 Å². The van der Waals surface area contributed by atoms with Gasteiger partial charge in [0.25, 0.3) is 0 Å². The molecule has 0 amide bonds. The van der Waals surface area contributed by atoms with Crippen molar-refractivity contribution < 1.29 is 10.1 Å². The first-order valence-corrected chi connectivity index (χ1v) is 5.28. The van der Waals surface area contributed by atoms with E-state index in [9.17, 15) is 9.90 Å². The zero-order valence-electron chi connectivity index (χ0n) is 7.71. The summed E-state index contributed by atoms with van der Waals surface area (Å²) < 4.78 is 1.77. The SMILES string of the molecule is Cn1c(O)[nH+]c2cc(Cl)c(Br)cc2c1=O. The quantitative estimate of drug-likeness (QED) is 0.799. The minimum Gasteiger partial charge on any atom is -0.446 e. The van der Waals surface area contributed by atoms with Crippen LogP contribution in [-0.2, 0) is 7.05 Å². The minimum atomic E-state index is -0.279. The molecule has 1 aromatic carbocycles. The summed E-state index contributed by atoms with van der Waals surface area (Å²) in [6.07, 6.45) is 0. The zero-order valence-corrected chi connectivity index (χ0v) is 10.1. The first-order chi connectivity index (χ1) is 7.00. The highest BCUT2D eigenvalue weighted by molar-refractivity contribution is 9.10. The van der Waals surface area contributed by atoms with Gasteiger partial charge in [0.1, 0.15) is 10.9 Å². The number of nitrogens with zero attached hydrogens (tertiary/aromatic N) is 1. The van der Waals surface area contributed by atoms with Gasteiger partial charge in [0, 0.05) is 10.5 Å². The van der Waals surface area contributed by atoms with Gasteiger partial charge in [-0.05, 0) is 22.0 Å². The Morgan fingerprint density at radius 2 is 2.20 bits per heavy atom. The number of H-pyrrole nitrogens is 1. The van der Waals surface area contributed by atoms with E-state index in [1.165, 1.54) is 7.05 Å². The average Bonchev–Trinajstić information content (AvgIpc) is 2.19. The maximum absolute atomic E-state index is 11.7. The second-order valence-corrected chi connectivity index (χ2v) is 4.39. The molecule has 0 aliphatic rings. The lowest BCUT2D eigenvalue weighted by molar-refractivity contribution is -0.371. The number of nitrogens with one attached hydrogen (secondary N) is 1. The largest absolute Gasteiger partial charge is 0.454 e. The van der Waals surface area contributed by atoms with Crippen molar-refractivity contribution in [2.75, 3.05) is 0 Å². The van der Waals surface area contributed by atoms with Gasteiger partial charge >= 0.3 is 11.6 Å².